The third-order valence-corrected chi connectivity index (χ3v) is 4.08. The maximum Gasteiger partial charge on any atom is 0.199 e. The summed E-state index contributed by atoms with van der Waals surface area (Å²) in [6.07, 6.45) is 2.82. The van der Waals surface area contributed by atoms with Crippen LogP contribution in [0.4, 0.5) is 4.39 Å². The predicted octanol–water partition coefficient (Wildman–Crippen LogP) is 3.32. The van der Waals surface area contributed by atoms with Crippen molar-refractivity contribution < 1.29 is 12.8 Å². The summed E-state index contributed by atoms with van der Waals surface area (Å²) in [6.45, 7) is 0. The van der Waals surface area contributed by atoms with Crippen LogP contribution >= 0.6 is 11.6 Å². The van der Waals surface area contributed by atoms with Crippen LogP contribution in [-0.4, -0.2) is 13.4 Å². The summed E-state index contributed by atoms with van der Waals surface area (Å²) in [5.41, 5.74) is 0.356. The Labute approximate surface area is 115 Å². The highest BCUT2D eigenvalue weighted by Crippen LogP contribution is 2.17. The van der Waals surface area contributed by atoms with E-state index in [0.717, 1.165) is 17.5 Å². The third-order valence-electron chi connectivity index (χ3n) is 2.33. The summed E-state index contributed by atoms with van der Waals surface area (Å²) in [5.74, 6) is -0.490. The average molecular weight is 298 g/mol. The molecule has 1 heterocycles. The first kappa shape index (κ1) is 13.7. The van der Waals surface area contributed by atoms with E-state index in [1.165, 1.54) is 24.4 Å². The number of sulfone groups is 1. The number of aromatic nitrogens is 1. The van der Waals surface area contributed by atoms with E-state index in [9.17, 15) is 12.8 Å². The SMILES string of the molecule is O=S(=O)(/C=C/c1ncccc1Cl)c1ccc(F)cc1. The summed E-state index contributed by atoms with van der Waals surface area (Å²) in [7, 11) is -3.64. The van der Waals surface area contributed by atoms with Crippen LogP contribution in [-0.2, 0) is 9.84 Å². The van der Waals surface area contributed by atoms with Crippen molar-refractivity contribution >= 4 is 27.5 Å². The van der Waals surface area contributed by atoms with E-state index in [1.54, 1.807) is 12.1 Å². The van der Waals surface area contributed by atoms with Gasteiger partial charge in [-0.1, -0.05) is 11.6 Å². The molecule has 0 aliphatic carbocycles. The molecule has 0 unspecified atom stereocenters. The lowest BCUT2D eigenvalue weighted by atomic mass is 10.3. The van der Waals surface area contributed by atoms with Gasteiger partial charge in [0.2, 0.25) is 0 Å². The van der Waals surface area contributed by atoms with Crippen molar-refractivity contribution in [1.29, 1.82) is 0 Å². The molecule has 2 rings (SSSR count). The van der Waals surface area contributed by atoms with Crippen LogP contribution in [0, 0.1) is 5.82 Å². The number of halogens is 2. The standard InChI is InChI=1S/C13H9ClFNO2S/c14-12-2-1-8-16-13(12)7-9-19(17,18)11-5-3-10(15)4-6-11/h1-9H/b9-7+. The molecule has 98 valence electrons. The Balaban J connectivity index is 2.32. The van der Waals surface area contributed by atoms with Crippen molar-refractivity contribution in [3.8, 4) is 0 Å². The molecule has 3 nitrogen and oxygen atoms in total. The topological polar surface area (TPSA) is 47.0 Å². The Hall–Kier alpha value is -1.72. The lowest BCUT2D eigenvalue weighted by molar-refractivity contribution is 0.603. The molecule has 0 atom stereocenters. The molecular formula is C13H9ClFNO2S. The highest BCUT2D eigenvalue weighted by molar-refractivity contribution is 7.94. The maximum atomic E-state index is 12.7. The highest BCUT2D eigenvalue weighted by atomic mass is 35.5. The normalized spacial score (nSPS) is 11.9. The molecule has 6 heteroatoms. The first-order chi connectivity index (χ1) is 8.99. The molecule has 0 radical (unpaired) electrons. The van der Waals surface area contributed by atoms with Crippen molar-refractivity contribution in [2.24, 2.45) is 0 Å². The second-order valence-corrected chi connectivity index (χ2v) is 5.91. The van der Waals surface area contributed by atoms with E-state index in [4.69, 9.17) is 11.6 Å². The van der Waals surface area contributed by atoms with E-state index in [2.05, 4.69) is 4.98 Å². The number of nitrogens with zero attached hydrogens (tertiary/aromatic N) is 1. The summed E-state index contributed by atoms with van der Waals surface area (Å²) in [6, 6.07) is 7.85. The van der Waals surface area contributed by atoms with Gasteiger partial charge in [-0.05, 0) is 42.5 Å². The minimum absolute atomic E-state index is 0.0113. The summed E-state index contributed by atoms with van der Waals surface area (Å²) in [5, 5.41) is 1.35. The third kappa shape index (κ3) is 3.39. The lowest BCUT2D eigenvalue weighted by Crippen LogP contribution is -1.96. The van der Waals surface area contributed by atoms with E-state index in [0.29, 0.717) is 10.7 Å². The van der Waals surface area contributed by atoms with Crippen molar-refractivity contribution in [3.63, 3.8) is 0 Å². The summed E-state index contributed by atoms with van der Waals surface area (Å²) in [4.78, 5) is 3.96. The van der Waals surface area contributed by atoms with E-state index in [1.807, 2.05) is 0 Å². The van der Waals surface area contributed by atoms with Gasteiger partial charge in [-0.2, -0.15) is 0 Å². The van der Waals surface area contributed by atoms with E-state index >= 15 is 0 Å². The van der Waals surface area contributed by atoms with Crippen LogP contribution in [0.25, 0.3) is 6.08 Å². The van der Waals surface area contributed by atoms with Gasteiger partial charge in [-0.25, -0.2) is 12.8 Å². The van der Waals surface area contributed by atoms with Gasteiger partial charge < -0.3 is 0 Å². The quantitative estimate of drug-likeness (QED) is 0.817. The highest BCUT2D eigenvalue weighted by Gasteiger charge is 2.10. The number of hydrogen-bond donors (Lipinski definition) is 0. The summed E-state index contributed by atoms with van der Waals surface area (Å²) >= 11 is 5.86. The number of hydrogen-bond acceptors (Lipinski definition) is 3. The van der Waals surface area contributed by atoms with Gasteiger partial charge in [0.15, 0.2) is 9.84 Å². The molecule has 0 bridgehead atoms. The molecule has 0 fully saturated rings. The van der Waals surface area contributed by atoms with Crippen LogP contribution in [0.5, 0.6) is 0 Å². The Morgan fingerprint density at radius 3 is 2.47 bits per heavy atom. The molecule has 0 amide bonds. The second kappa shape index (κ2) is 5.50. The number of pyridine rings is 1. The van der Waals surface area contributed by atoms with Crippen LogP contribution in [0.3, 0.4) is 0 Å². The zero-order valence-electron chi connectivity index (χ0n) is 9.62. The van der Waals surface area contributed by atoms with Gasteiger partial charge in [0.05, 0.1) is 15.6 Å². The van der Waals surface area contributed by atoms with Gasteiger partial charge >= 0.3 is 0 Å². The minimum Gasteiger partial charge on any atom is -0.255 e. The Morgan fingerprint density at radius 2 is 1.84 bits per heavy atom. The fourth-order valence-electron chi connectivity index (χ4n) is 1.38. The molecule has 0 saturated carbocycles. The van der Waals surface area contributed by atoms with Crippen molar-refractivity contribution in [2.45, 2.75) is 4.90 Å². The first-order valence-electron chi connectivity index (χ1n) is 5.28. The largest absolute Gasteiger partial charge is 0.255 e. The molecule has 1 aromatic heterocycles. The van der Waals surface area contributed by atoms with Crippen molar-refractivity contribution in [1.82, 2.24) is 4.98 Å². The maximum absolute atomic E-state index is 12.7. The van der Waals surface area contributed by atoms with Gasteiger partial charge in [0.25, 0.3) is 0 Å². The molecule has 0 saturated heterocycles. The van der Waals surface area contributed by atoms with Crippen molar-refractivity contribution in [3.05, 3.63) is 64.5 Å². The van der Waals surface area contributed by atoms with E-state index in [-0.39, 0.29) is 4.90 Å². The van der Waals surface area contributed by atoms with Gasteiger partial charge in [-0.15, -0.1) is 0 Å². The number of benzene rings is 1. The molecule has 2 aromatic rings. The fourth-order valence-corrected chi connectivity index (χ4v) is 2.54. The lowest BCUT2D eigenvalue weighted by Gasteiger charge is -1.99. The zero-order valence-corrected chi connectivity index (χ0v) is 11.2. The predicted molar refractivity (Wildman–Crippen MR) is 71.9 cm³/mol. The smallest absolute Gasteiger partial charge is 0.199 e. The zero-order chi connectivity index (χ0) is 13.9. The molecule has 1 aromatic carbocycles. The minimum atomic E-state index is -3.64. The van der Waals surface area contributed by atoms with Gasteiger partial charge in [0.1, 0.15) is 5.82 Å². The molecular weight excluding hydrogens is 289 g/mol. The molecule has 0 spiro atoms. The molecule has 19 heavy (non-hydrogen) atoms. The molecule has 0 N–H and O–H groups in total. The van der Waals surface area contributed by atoms with Crippen molar-refractivity contribution in [2.75, 3.05) is 0 Å². The van der Waals surface area contributed by atoms with Crippen LogP contribution in [0.15, 0.2) is 52.9 Å². The average Bonchev–Trinajstić information content (AvgIpc) is 2.38. The van der Waals surface area contributed by atoms with Gasteiger partial charge in [-0.3, -0.25) is 4.98 Å². The Morgan fingerprint density at radius 1 is 1.16 bits per heavy atom. The van der Waals surface area contributed by atoms with Crippen LogP contribution in [0.1, 0.15) is 5.69 Å². The van der Waals surface area contributed by atoms with E-state index < -0.39 is 15.7 Å². The van der Waals surface area contributed by atoms with Gasteiger partial charge in [0, 0.05) is 11.6 Å². The fraction of sp³-hybridized carbons (Fsp3) is 0. The Bertz CT molecular complexity index is 712. The van der Waals surface area contributed by atoms with Crippen LogP contribution in [0.2, 0.25) is 5.02 Å². The molecule has 0 aliphatic rings. The second-order valence-electron chi connectivity index (χ2n) is 3.67. The number of rotatable bonds is 3. The van der Waals surface area contributed by atoms with Crippen LogP contribution < -0.4 is 0 Å². The molecule has 0 aliphatic heterocycles. The summed E-state index contributed by atoms with van der Waals surface area (Å²) < 4.78 is 36.6. The Kier molecular flexibility index (Phi) is 3.97. The monoisotopic (exact) mass is 297 g/mol. The first-order valence-corrected chi connectivity index (χ1v) is 7.21.